The Balaban J connectivity index is 2.23. The Morgan fingerprint density at radius 1 is 1.25 bits per heavy atom. The van der Waals surface area contributed by atoms with E-state index in [1.165, 1.54) is 24.3 Å². The molecule has 20 heavy (non-hydrogen) atoms. The molecule has 5 nitrogen and oxygen atoms in total. The zero-order valence-electron chi connectivity index (χ0n) is 9.93. The SMILES string of the molecule is O=C(O)c1cccc(NC(=O)c2ccc(F)cc2Cl)n1. The number of halogens is 2. The molecule has 1 aromatic carbocycles. The number of nitrogens with zero attached hydrogens (tertiary/aromatic N) is 1. The van der Waals surface area contributed by atoms with E-state index in [4.69, 9.17) is 16.7 Å². The second-order valence-electron chi connectivity index (χ2n) is 3.79. The number of rotatable bonds is 3. The molecule has 2 rings (SSSR count). The molecular formula is C13H8ClFN2O3. The molecule has 2 N–H and O–H groups in total. The Kier molecular flexibility index (Phi) is 3.95. The minimum absolute atomic E-state index is 0.0445. The topological polar surface area (TPSA) is 79.3 Å². The molecule has 1 amide bonds. The second-order valence-corrected chi connectivity index (χ2v) is 4.20. The van der Waals surface area contributed by atoms with Gasteiger partial charge >= 0.3 is 5.97 Å². The number of aromatic carboxylic acids is 1. The lowest BCUT2D eigenvalue weighted by atomic mass is 10.2. The maximum absolute atomic E-state index is 12.9. The van der Waals surface area contributed by atoms with E-state index in [1.807, 2.05) is 0 Å². The van der Waals surface area contributed by atoms with Crippen molar-refractivity contribution in [2.45, 2.75) is 0 Å². The number of hydrogen-bond donors (Lipinski definition) is 2. The van der Waals surface area contributed by atoms with E-state index in [2.05, 4.69) is 10.3 Å². The molecule has 102 valence electrons. The lowest BCUT2D eigenvalue weighted by Crippen LogP contribution is -2.14. The quantitative estimate of drug-likeness (QED) is 0.912. The van der Waals surface area contributed by atoms with Gasteiger partial charge in [-0.3, -0.25) is 4.79 Å². The number of carbonyl (C=O) groups excluding carboxylic acids is 1. The fourth-order valence-electron chi connectivity index (χ4n) is 1.48. The molecule has 0 saturated heterocycles. The van der Waals surface area contributed by atoms with Gasteiger partial charge in [0.15, 0.2) is 5.69 Å². The average molecular weight is 295 g/mol. The highest BCUT2D eigenvalue weighted by Gasteiger charge is 2.13. The van der Waals surface area contributed by atoms with Gasteiger partial charge in [0.2, 0.25) is 0 Å². The minimum Gasteiger partial charge on any atom is -0.477 e. The minimum atomic E-state index is -1.21. The lowest BCUT2D eigenvalue weighted by molar-refractivity contribution is 0.0690. The summed E-state index contributed by atoms with van der Waals surface area (Å²) < 4.78 is 12.9. The second kappa shape index (κ2) is 5.66. The van der Waals surface area contributed by atoms with E-state index in [-0.39, 0.29) is 22.1 Å². The Hall–Kier alpha value is -2.47. The molecule has 0 aliphatic carbocycles. The number of benzene rings is 1. The highest BCUT2D eigenvalue weighted by Crippen LogP contribution is 2.18. The number of carbonyl (C=O) groups is 2. The van der Waals surface area contributed by atoms with Gasteiger partial charge in [0, 0.05) is 0 Å². The van der Waals surface area contributed by atoms with E-state index in [9.17, 15) is 14.0 Å². The van der Waals surface area contributed by atoms with Crippen molar-refractivity contribution in [3.8, 4) is 0 Å². The standard InChI is InChI=1S/C13H8ClFN2O3/c14-9-6-7(15)4-5-8(9)12(18)17-11-3-1-2-10(16-11)13(19)20/h1-6H,(H,19,20)(H,16,17,18). The van der Waals surface area contributed by atoms with E-state index >= 15 is 0 Å². The summed E-state index contributed by atoms with van der Waals surface area (Å²) in [6.45, 7) is 0. The molecule has 0 aliphatic rings. The van der Waals surface area contributed by atoms with Gasteiger partial charge in [-0.2, -0.15) is 0 Å². The highest BCUT2D eigenvalue weighted by atomic mass is 35.5. The predicted octanol–water partition coefficient (Wildman–Crippen LogP) is 2.82. The van der Waals surface area contributed by atoms with Crippen molar-refractivity contribution in [3.05, 3.63) is 58.5 Å². The summed E-state index contributed by atoms with van der Waals surface area (Å²) in [6.07, 6.45) is 0. The van der Waals surface area contributed by atoms with E-state index in [0.717, 1.165) is 12.1 Å². The summed E-state index contributed by atoms with van der Waals surface area (Å²) in [5.41, 5.74) is -0.136. The van der Waals surface area contributed by atoms with Crippen molar-refractivity contribution >= 4 is 29.3 Å². The molecule has 0 bridgehead atoms. The molecule has 1 aromatic heterocycles. The van der Waals surface area contributed by atoms with Crippen molar-refractivity contribution in [1.82, 2.24) is 4.98 Å². The molecule has 0 saturated carbocycles. The largest absolute Gasteiger partial charge is 0.477 e. The fraction of sp³-hybridized carbons (Fsp3) is 0. The molecule has 0 radical (unpaired) electrons. The van der Waals surface area contributed by atoms with Crippen LogP contribution < -0.4 is 5.32 Å². The molecular weight excluding hydrogens is 287 g/mol. The zero-order valence-corrected chi connectivity index (χ0v) is 10.7. The fourth-order valence-corrected chi connectivity index (χ4v) is 1.73. The van der Waals surface area contributed by atoms with Gasteiger partial charge in [-0.05, 0) is 30.3 Å². The van der Waals surface area contributed by atoms with Gasteiger partial charge in [-0.15, -0.1) is 0 Å². The number of anilines is 1. The maximum Gasteiger partial charge on any atom is 0.354 e. The van der Waals surface area contributed by atoms with Crippen LogP contribution in [0.1, 0.15) is 20.8 Å². The van der Waals surface area contributed by atoms with E-state index < -0.39 is 17.7 Å². The van der Waals surface area contributed by atoms with Gasteiger partial charge in [0.05, 0.1) is 10.6 Å². The van der Waals surface area contributed by atoms with Crippen LogP contribution in [0.5, 0.6) is 0 Å². The number of hydrogen-bond acceptors (Lipinski definition) is 3. The Morgan fingerprint density at radius 3 is 2.65 bits per heavy atom. The van der Waals surface area contributed by atoms with E-state index in [1.54, 1.807) is 0 Å². The summed E-state index contributed by atoms with van der Waals surface area (Å²) in [4.78, 5) is 26.4. The highest BCUT2D eigenvalue weighted by molar-refractivity contribution is 6.34. The van der Waals surface area contributed by atoms with E-state index in [0.29, 0.717) is 0 Å². The Bertz CT molecular complexity index is 691. The Labute approximate surface area is 118 Å². The normalized spacial score (nSPS) is 10.1. The summed E-state index contributed by atoms with van der Waals surface area (Å²) in [7, 11) is 0. The summed E-state index contributed by atoms with van der Waals surface area (Å²) in [5.74, 6) is -2.31. The molecule has 0 unspecified atom stereocenters. The third kappa shape index (κ3) is 3.10. The molecule has 1 heterocycles. The van der Waals surface area contributed by atoms with Crippen LogP contribution in [0.4, 0.5) is 10.2 Å². The molecule has 0 fully saturated rings. The molecule has 7 heteroatoms. The number of carboxylic acid groups (broad SMARTS) is 1. The summed E-state index contributed by atoms with van der Waals surface area (Å²) >= 11 is 5.76. The van der Waals surface area contributed by atoms with Crippen LogP contribution in [0.25, 0.3) is 0 Å². The number of pyridine rings is 1. The third-order valence-electron chi connectivity index (χ3n) is 2.39. The van der Waals surface area contributed by atoms with Crippen molar-refractivity contribution in [1.29, 1.82) is 0 Å². The van der Waals surface area contributed by atoms with Crippen LogP contribution in [0.2, 0.25) is 5.02 Å². The molecule has 0 spiro atoms. The van der Waals surface area contributed by atoms with Crippen LogP contribution in [0, 0.1) is 5.82 Å². The van der Waals surface area contributed by atoms with Gasteiger partial charge in [0.1, 0.15) is 11.6 Å². The predicted molar refractivity (Wildman–Crippen MR) is 70.6 cm³/mol. The van der Waals surface area contributed by atoms with Crippen LogP contribution in [0.3, 0.4) is 0 Å². The van der Waals surface area contributed by atoms with Crippen molar-refractivity contribution in [3.63, 3.8) is 0 Å². The summed E-state index contributed by atoms with van der Waals surface area (Å²) in [5, 5.41) is 11.1. The first-order valence-electron chi connectivity index (χ1n) is 5.44. The van der Waals surface area contributed by atoms with Gasteiger partial charge < -0.3 is 10.4 Å². The number of aromatic nitrogens is 1. The first-order chi connectivity index (χ1) is 9.47. The smallest absolute Gasteiger partial charge is 0.354 e. The van der Waals surface area contributed by atoms with Crippen LogP contribution in [0.15, 0.2) is 36.4 Å². The van der Waals surface area contributed by atoms with Crippen LogP contribution in [-0.4, -0.2) is 22.0 Å². The van der Waals surface area contributed by atoms with Crippen LogP contribution in [-0.2, 0) is 0 Å². The molecule has 0 atom stereocenters. The van der Waals surface area contributed by atoms with Crippen molar-refractivity contribution < 1.29 is 19.1 Å². The number of nitrogens with one attached hydrogen (secondary N) is 1. The maximum atomic E-state index is 12.9. The van der Waals surface area contributed by atoms with Crippen molar-refractivity contribution in [2.75, 3.05) is 5.32 Å². The Morgan fingerprint density at radius 2 is 2.00 bits per heavy atom. The number of carboxylic acids is 1. The number of amides is 1. The molecule has 2 aromatic rings. The average Bonchev–Trinajstić information content (AvgIpc) is 2.38. The zero-order chi connectivity index (χ0) is 14.7. The van der Waals surface area contributed by atoms with Crippen molar-refractivity contribution in [2.24, 2.45) is 0 Å². The summed E-state index contributed by atoms with van der Waals surface area (Å²) in [6, 6.07) is 7.51. The third-order valence-corrected chi connectivity index (χ3v) is 2.70. The van der Waals surface area contributed by atoms with Gasteiger partial charge in [0.25, 0.3) is 5.91 Å². The van der Waals surface area contributed by atoms with Gasteiger partial charge in [-0.25, -0.2) is 14.2 Å². The monoisotopic (exact) mass is 294 g/mol. The van der Waals surface area contributed by atoms with Crippen LogP contribution >= 0.6 is 11.6 Å². The van der Waals surface area contributed by atoms with Gasteiger partial charge in [-0.1, -0.05) is 17.7 Å². The first-order valence-corrected chi connectivity index (χ1v) is 5.82. The lowest BCUT2D eigenvalue weighted by Gasteiger charge is -2.06. The molecule has 0 aliphatic heterocycles. The first kappa shape index (κ1) is 14.0.